The minimum atomic E-state index is -0.0442. The first-order valence-corrected chi connectivity index (χ1v) is 3.77. The van der Waals surface area contributed by atoms with Gasteiger partial charge in [-0.05, 0) is 19.1 Å². The van der Waals surface area contributed by atoms with Crippen molar-refractivity contribution < 1.29 is 0 Å². The van der Waals surface area contributed by atoms with Crippen molar-refractivity contribution in [2.24, 2.45) is 0 Å². The van der Waals surface area contributed by atoms with E-state index in [4.69, 9.17) is 23.2 Å². The topological polar surface area (TPSA) is 12.9 Å². The molecule has 0 unspecified atom stereocenters. The normalized spacial score (nSPS) is 13.1. The van der Waals surface area contributed by atoms with Crippen LogP contribution in [0.25, 0.3) is 0 Å². The molecular weight excluding hydrogens is 169 g/mol. The molecule has 10 heavy (non-hydrogen) atoms. The molecular formula is C7H7Cl2N. The molecule has 54 valence electrons. The van der Waals surface area contributed by atoms with Gasteiger partial charge in [-0.2, -0.15) is 0 Å². The smallest absolute Gasteiger partial charge is 0.0729 e. The van der Waals surface area contributed by atoms with Crippen molar-refractivity contribution in [3.05, 3.63) is 29.0 Å². The molecule has 0 fully saturated rings. The summed E-state index contributed by atoms with van der Waals surface area (Å²) in [6, 6.07) is 3.60. The van der Waals surface area contributed by atoms with Gasteiger partial charge in [-0.25, -0.2) is 0 Å². The highest BCUT2D eigenvalue weighted by Gasteiger charge is 2.00. The van der Waals surface area contributed by atoms with E-state index in [0.29, 0.717) is 5.02 Å². The molecule has 0 aliphatic carbocycles. The van der Waals surface area contributed by atoms with Crippen LogP contribution in [0, 0.1) is 0 Å². The molecule has 0 spiro atoms. The van der Waals surface area contributed by atoms with Gasteiger partial charge in [-0.1, -0.05) is 11.6 Å². The van der Waals surface area contributed by atoms with Crippen molar-refractivity contribution in [1.29, 1.82) is 0 Å². The third-order valence-electron chi connectivity index (χ3n) is 1.16. The van der Waals surface area contributed by atoms with E-state index in [1.165, 1.54) is 0 Å². The fourth-order valence-electron chi connectivity index (χ4n) is 0.623. The van der Waals surface area contributed by atoms with E-state index in [-0.39, 0.29) is 5.38 Å². The lowest BCUT2D eigenvalue weighted by Gasteiger charge is -1.99. The Morgan fingerprint density at radius 3 is 2.60 bits per heavy atom. The average molecular weight is 176 g/mol. The lowest BCUT2D eigenvalue weighted by molar-refractivity contribution is 0.996. The largest absolute Gasteiger partial charge is 0.258 e. The van der Waals surface area contributed by atoms with Gasteiger partial charge in [0.1, 0.15) is 0 Å². The summed E-state index contributed by atoms with van der Waals surface area (Å²) in [6.07, 6.45) is 1.59. The van der Waals surface area contributed by atoms with E-state index in [1.54, 1.807) is 12.3 Å². The Labute approximate surface area is 70.0 Å². The average Bonchev–Trinajstić information content (AvgIpc) is 1.88. The molecule has 0 radical (unpaired) electrons. The molecule has 0 aliphatic rings. The van der Waals surface area contributed by atoms with E-state index >= 15 is 0 Å². The van der Waals surface area contributed by atoms with Crippen LogP contribution in [0.5, 0.6) is 0 Å². The van der Waals surface area contributed by atoms with E-state index in [9.17, 15) is 0 Å². The maximum absolute atomic E-state index is 5.75. The zero-order chi connectivity index (χ0) is 7.56. The number of halogens is 2. The number of rotatable bonds is 1. The van der Waals surface area contributed by atoms with Crippen LogP contribution in [0.3, 0.4) is 0 Å². The van der Waals surface area contributed by atoms with Crippen molar-refractivity contribution in [3.8, 4) is 0 Å². The molecule has 1 nitrogen and oxygen atoms in total. The third-order valence-corrected chi connectivity index (χ3v) is 1.60. The van der Waals surface area contributed by atoms with Crippen LogP contribution in [0.1, 0.15) is 18.0 Å². The van der Waals surface area contributed by atoms with Crippen molar-refractivity contribution in [3.63, 3.8) is 0 Å². The summed E-state index contributed by atoms with van der Waals surface area (Å²) in [4.78, 5) is 4.01. The standard InChI is InChI=1S/C7H7Cl2N/c1-5(8)7-3-2-6(9)4-10-7/h2-5H,1H3/t5-/m1/s1. The SMILES string of the molecule is C[C@@H](Cl)c1ccc(Cl)cn1. The van der Waals surface area contributed by atoms with Crippen LogP contribution >= 0.6 is 23.2 Å². The minimum Gasteiger partial charge on any atom is -0.258 e. The van der Waals surface area contributed by atoms with Gasteiger partial charge in [0.15, 0.2) is 0 Å². The Kier molecular flexibility index (Phi) is 2.52. The van der Waals surface area contributed by atoms with Crippen molar-refractivity contribution >= 4 is 23.2 Å². The van der Waals surface area contributed by atoms with Gasteiger partial charge in [0.25, 0.3) is 0 Å². The summed E-state index contributed by atoms with van der Waals surface area (Å²) in [5.41, 5.74) is 0.853. The number of hydrogen-bond donors (Lipinski definition) is 0. The molecule has 0 N–H and O–H groups in total. The highest BCUT2D eigenvalue weighted by Crippen LogP contribution is 2.17. The quantitative estimate of drug-likeness (QED) is 0.599. The maximum atomic E-state index is 5.75. The lowest BCUT2D eigenvalue weighted by atomic mass is 10.3. The number of alkyl halides is 1. The van der Waals surface area contributed by atoms with Gasteiger partial charge in [0.2, 0.25) is 0 Å². The Morgan fingerprint density at radius 1 is 1.50 bits per heavy atom. The van der Waals surface area contributed by atoms with Gasteiger partial charge in [-0.3, -0.25) is 4.98 Å². The van der Waals surface area contributed by atoms with Crippen LogP contribution < -0.4 is 0 Å². The zero-order valence-electron chi connectivity index (χ0n) is 5.51. The Morgan fingerprint density at radius 2 is 2.20 bits per heavy atom. The number of nitrogens with zero attached hydrogens (tertiary/aromatic N) is 1. The molecule has 0 saturated heterocycles. The Bertz CT molecular complexity index is 205. The van der Waals surface area contributed by atoms with Gasteiger partial charge in [0.05, 0.1) is 16.1 Å². The van der Waals surface area contributed by atoms with E-state index in [2.05, 4.69) is 4.98 Å². The summed E-state index contributed by atoms with van der Waals surface area (Å²) < 4.78 is 0. The van der Waals surface area contributed by atoms with Crippen molar-refractivity contribution in [1.82, 2.24) is 4.98 Å². The van der Waals surface area contributed by atoms with Crippen LogP contribution in [0.4, 0.5) is 0 Å². The molecule has 1 aromatic heterocycles. The monoisotopic (exact) mass is 175 g/mol. The molecule has 0 amide bonds. The number of aromatic nitrogens is 1. The molecule has 1 aromatic rings. The summed E-state index contributed by atoms with van der Waals surface area (Å²) >= 11 is 11.4. The van der Waals surface area contributed by atoms with Crippen molar-refractivity contribution in [2.45, 2.75) is 12.3 Å². The van der Waals surface area contributed by atoms with E-state index < -0.39 is 0 Å². The zero-order valence-corrected chi connectivity index (χ0v) is 7.02. The third kappa shape index (κ3) is 1.86. The van der Waals surface area contributed by atoms with Crippen molar-refractivity contribution in [2.75, 3.05) is 0 Å². The fourth-order valence-corrected chi connectivity index (χ4v) is 0.863. The second-order valence-corrected chi connectivity index (χ2v) is 3.11. The molecule has 3 heteroatoms. The summed E-state index contributed by atoms with van der Waals surface area (Å²) in [6.45, 7) is 1.87. The van der Waals surface area contributed by atoms with Crippen LogP contribution in [-0.4, -0.2) is 4.98 Å². The predicted molar refractivity (Wildman–Crippen MR) is 43.5 cm³/mol. The van der Waals surface area contributed by atoms with Gasteiger partial charge >= 0.3 is 0 Å². The maximum Gasteiger partial charge on any atom is 0.0729 e. The van der Waals surface area contributed by atoms with Crippen LogP contribution in [-0.2, 0) is 0 Å². The van der Waals surface area contributed by atoms with E-state index in [1.807, 2.05) is 13.0 Å². The second kappa shape index (κ2) is 3.22. The summed E-state index contributed by atoms with van der Waals surface area (Å²) in [5.74, 6) is 0. The van der Waals surface area contributed by atoms with Crippen LogP contribution in [0.2, 0.25) is 5.02 Å². The molecule has 1 heterocycles. The van der Waals surface area contributed by atoms with E-state index in [0.717, 1.165) is 5.69 Å². The Hall–Kier alpha value is -0.270. The molecule has 0 aliphatic heterocycles. The van der Waals surface area contributed by atoms with Gasteiger partial charge in [0, 0.05) is 6.20 Å². The second-order valence-electron chi connectivity index (χ2n) is 2.02. The molecule has 0 bridgehead atoms. The molecule has 1 atom stereocenters. The molecule has 0 aromatic carbocycles. The van der Waals surface area contributed by atoms with Gasteiger partial charge in [-0.15, -0.1) is 11.6 Å². The summed E-state index contributed by atoms with van der Waals surface area (Å²) in [5, 5.41) is 0.596. The van der Waals surface area contributed by atoms with Gasteiger partial charge < -0.3 is 0 Å². The first-order valence-electron chi connectivity index (χ1n) is 2.95. The van der Waals surface area contributed by atoms with Crippen LogP contribution in [0.15, 0.2) is 18.3 Å². The Balaban J connectivity index is 2.89. The molecule has 0 saturated carbocycles. The predicted octanol–water partition coefficient (Wildman–Crippen LogP) is 3.03. The minimum absolute atomic E-state index is 0.0442. The first-order chi connectivity index (χ1) is 4.70. The first kappa shape index (κ1) is 7.83. The highest BCUT2D eigenvalue weighted by molar-refractivity contribution is 6.30. The lowest BCUT2D eigenvalue weighted by Crippen LogP contribution is -1.87. The fraction of sp³-hybridized carbons (Fsp3) is 0.286. The number of hydrogen-bond acceptors (Lipinski definition) is 1. The molecule has 1 rings (SSSR count). The number of pyridine rings is 1. The summed E-state index contributed by atoms with van der Waals surface area (Å²) in [7, 11) is 0. The highest BCUT2D eigenvalue weighted by atomic mass is 35.5.